The van der Waals surface area contributed by atoms with Crippen molar-refractivity contribution in [3.05, 3.63) is 22.8 Å². The summed E-state index contributed by atoms with van der Waals surface area (Å²) in [5, 5.41) is 0. The Morgan fingerprint density at radius 3 is 2.71 bits per heavy atom. The van der Waals surface area contributed by atoms with Gasteiger partial charge >= 0.3 is 5.97 Å². The van der Waals surface area contributed by atoms with Gasteiger partial charge in [-0.1, -0.05) is 36.6 Å². The fourth-order valence-electron chi connectivity index (χ4n) is 7.50. The highest BCUT2D eigenvalue weighted by atomic mass is 16.6. The summed E-state index contributed by atoms with van der Waals surface area (Å²) in [4.78, 5) is 23.3. The zero-order valence-electron chi connectivity index (χ0n) is 17.5. The van der Waals surface area contributed by atoms with Crippen molar-refractivity contribution in [2.24, 2.45) is 28.1 Å². The van der Waals surface area contributed by atoms with Crippen molar-refractivity contribution < 1.29 is 19.1 Å². The standard InChI is InChI=1S/C24H32O4/c1-22(2)21(26)28-20-12-17-16-6-5-14-11-15(27-13-25)9-10-23(14,3)18(16)7-8-19(17)24(20,22)4/h5,13,15-16,18,20H,6-12H2,1-4H3/t15-,16-,18-,20+,23-,24-/m0/s1. The summed E-state index contributed by atoms with van der Waals surface area (Å²) in [6, 6.07) is 0. The molecule has 28 heavy (non-hydrogen) atoms. The molecule has 5 rings (SSSR count). The molecule has 0 spiro atoms. The van der Waals surface area contributed by atoms with Crippen LogP contribution in [-0.4, -0.2) is 24.6 Å². The molecule has 0 unspecified atom stereocenters. The molecule has 0 radical (unpaired) electrons. The maximum Gasteiger partial charge on any atom is 0.312 e. The second kappa shape index (κ2) is 5.73. The third-order valence-electron chi connectivity index (χ3n) is 9.61. The topological polar surface area (TPSA) is 52.6 Å². The fourth-order valence-corrected chi connectivity index (χ4v) is 7.50. The van der Waals surface area contributed by atoms with Crippen molar-refractivity contribution in [1.82, 2.24) is 0 Å². The molecule has 0 bridgehead atoms. The van der Waals surface area contributed by atoms with Crippen LogP contribution < -0.4 is 0 Å². The van der Waals surface area contributed by atoms with Crippen LogP contribution in [0.5, 0.6) is 0 Å². The predicted octanol–water partition coefficient (Wildman–Crippen LogP) is 4.73. The normalized spacial score (nSPS) is 46.0. The van der Waals surface area contributed by atoms with Gasteiger partial charge in [-0.25, -0.2) is 0 Å². The van der Waals surface area contributed by atoms with E-state index in [-0.39, 0.29) is 29.0 Å². The van der Waals surface area contributed by atoms with Crippen molar-refractivity contribution in [3.8, 4) is 0 Å². The van der Waals surface area contributed by atoms with Crippen LogP contribution >= 0.6 is 0 Å². The highest BCUT2D eigenvalue weighted by Crippen LogP contribution is 2.67. The summed E-state index contributed by atoms with van der Waals surface area (Å²) in [5.74, 6) is 1.21. The summed E-state index contributed by atoms with van der Waals surface area (Å²) < 4.78 is 11.2. The van der Waals surface area contributed by atoms with Gasteiger partial charge in [0.05, 0.1) is 5.41 Å². The van der Waals surface area contributed by atoms with Gasteiger partial charge in [0.2, 0.25) is 0 Å². The van der Waals surface area contributed by atoms with Gasteiger partial charge in [0.15, 0.2) is 0 Å². The zero-order chi connectivity index (χ0) is 19.9. The number of hydrogen-bond donors (Lipinski definition) is 0. The Labute approximate surface area is 167 Å². The van der Waals surface area contributed by atoms with E-state index in [0.29, 0.717) is 18.3 Å². The Hall–Kier alpha value is -1.58. The molecule has 2 fully saturated rings. The van der Waals surface area contributed by atoms with Crippen LogP contribution in [0.2, 0.25) is 0 Å². The van der Waals surface area contributed by atoms with Gasteiger partial charge in [0, 0.05) is 18.3 Å². The molecule has 0 aromatic heterocycles. The largest absolute Gasteiger partial charge is 0.464 e. The van der Waals surface area contributed by atoms with E-state index in [1.54, 1.807) is 5.57 Å². The molecule has 5 aliphatic rings. The molecule has 1 aliphatic heterocycles. The van der Waals surface area contributed by atoms with E-state index in [9.17, 15) is 9.59 Å². The van der Waals surface area contributed by atoms with Gasteiger partial charge in [0.25, 0.3) is 6.47 Å². The maximum atomic E-state index is 12.5. The second-order valence-electron chi connectivity index (χ2n) is 10.7. The summed E-state index contributed by atoms with van der Waals surface area (Å²) in [7, 11) is 0. The number of hydrogen-bond acceptors (Lipinski definition) is 4. The summed E-state index contributed by atoms with van der Waals surface area (Å²) in [5.41, 5.74) is 4.28. The number of rotatable bonds is 2. The molecule has 4 aliphatic carbocycles. The molecule has 1 saturated heterocycles. The molecule has 0 aromatic carbocycles. The molecular formula is C24H32O4. The van der Waals surface area contributed by atoms with Crippen molar-refractivity contribution in [2.75, 3.05) is 0 Å². The number of esters is 1. The third kappa shape index (κ3) is 2.07. The highest BCUT2D eigenvalue weighted by molar-refractivity contribution is 5.81. The van der Waals surface area contributed by atoms with Gasteiger partial charge in [0.1, 0.15) is 12.2 Å². The fraction of sp³-hybridized carbons (Fsp3) is 0.750. The number of carbonyl (C=O) groups is 2. The molecule has 1 saturated carbocycles. The Morgan fingerprint density at radius 2 is 1.96 bits per heavy atom. The second-order valence-corrected chi connectivity index (χ2v) is 10.7. The average molecular weight is 385 g/mol. The Morgan fingerprint density at radius 1 is 1.18 bits per heavy atom. The molecule has 152 valence electrons. The Balaban J connectivity index is 1.50. The van der Waals surface area contributed by atoms with Crippen molar-refractivity contribution >= 4 is 12.4 Å². The number of carbonyl (C=O) groups excluding carboxylic acids is 2. The first-order valence-corrected chi connectivity index (χ1v) is 11.0. The summed E-state index contributed by atoms with van der Waals surface area (Å²) >= 11 is 0. The van der Waals surface area contributed by atoms with Gasteiger partial charge < -0.3 is 9.47 Å². The minimum atomic E-state index is -0.439. The molecular weight excluding hydrogens is 352 g/mol. The first-order chi connectivity index (χ1) is 13.2. The van der Waals surface area contributed by atoms with Crippen LogP contribution in [0.15, 0.2) is 22.8 Å². The van der Waals surface area contributed by atoms with Crippen molar-refractivity contribution in [3.63, 3.8) is 0 Å². The maximum absolute atomic E-state index is 12.5. The molecule has 4 nitrogen and oxygen atoms in total. The zero-order valence-corrected chi connectivity index (χ0v) is 17.5. The Bertz CT molecular complexity index is 805. The quantitative estimate of drug-likeness (QED) is 0.392. The van der Waals surface area contributed by atoms with Crippen LogP contribution in [0.25, 0.3) is 0 Å². The van der Waals surface area contributed by atoms with E-state index in [1.807, 2.05) is 0 Å². The van der Waals surface area contributed by atoms with E-state index in [0.717, 1.165) is 38.5 Å². The number of fused-ring (bicyclic) bond motifs is 6. The monoisotopic (exact) mass is 384 g/mol. The van der Waals surface area contributed by atoms with Crippen molar-refractivity contribution in [2.45, 2.75) is 84.8 Å². The predicted molar refractivity (Wildman–Crippen MR) is 105 cm³/mol. The highest BCUT2D eigenvalue weighted by Gasteiger charge is 2.66. The van der Waals surface area contributed by atoms with Gasteiger partial charge in [-0.2, -0.15) is 0 Å². The van der Waals surface area contributed by atoms with E-state index in [4.69, 9.17) is 9.47 Å². The third-order valence-corrected chi connectivity index (χ3v) is 9.61. The molecule has 0 aromatic rings. The van der Waals surface area contributed by atoms with Gasteiger partial charge in [-0.15, -0.1) is 0 Å². The first kappa shape index (κ1) is 18.4. The minimum Gasteiger partial charge on any atom is -0.464 e. The van der Waals surface area contributed by atoms with Crippen LogP contribution in [0, 0.1) is 28.1 Å². The van der Waals surface area contributed by atoms with Crippen molar-refractivity contribution in [1.29, 1.82) is 0 Å². The molecule has 4 heteroatoms. The Kier molecular flexibility index (Phi) is 3.78. The molecule has 0 N–H and O–H groups in total. The average Bonchev–Trinajstić information content (AvgIpc) is 3.04. The lowest BCUT2D eigenvalue weighted by molar-refractivity contribution is -0.147. The van der Waals surface area contributed by atoms with Crippen LogP contribution in [-0.2, 0) is 19.1 Å². The SMILES string of the molecule is CC1(C)C(=O)O[C@@H]2CC3=C(CC[C@H]4[C@H]3CC=C3C[C@@H](OC=O)CC[C@@]34C)[C@@]21C. The number of allylic oxidation sites excluding steroid dienone is 1. The van der Waals surface area contributed by atoms with Gasteiger partial charge in [-0.05, 0) is 63.2 Å². The smallest absolute Gasteiger partial charge is 0.312 e. The van der Waals surface area contributed by atoms with Gasteiger partial charge in [-0.3, -0.25) is 9.59 Å². The lowest BCUT2D eigenvalue weighted by atomic mass is 9.51. The molecule has 6 atom stereocenters. The lowest BCUT2D eigenvalue weighted by Crippen LogP contribution is -2.45. The van der Waals surface area contributed by atoms with Crippen LogP contribution in [0.4, 0.5) is 0 Å². The van der Waals surface area contributed by atoms with Crippen LogP contribution in [0.1, 0.15) is 72.6 Å². The minimum absolute atomic E-state index is 0.0219. The number of ether oxygens (including phenoxy) is 2. The summed E-state index contributed by atoms with van der Waals surface area (Å²) in [6.45, 7) is 9.48. The lowest BCUT2D eigenvalue weighted by Gasteiger charge is -2.53. The summed E-state index contributed by atoms with van der Waals surface area (Å²) in [6.07, 6.45) is 9.79. The molecule has 0 amide bonds. The van der Waals surface area contributed by atoms with E-state index >= 15 is 0 Å². The van der Waals surface area contributed by atoms with Crippen LogP contribution in [0.3, 0.4) is 0 Å². The van der Waals surface area contributed by atoms with E-state index in [1.165, 1.54) is 17.6 Å². The molecule has 1 heterocycles. The first-order valence-electron chi connectivity index (χ1n) is 11.0. The van der Waals surface area contributed by atoms with E-state index < -0.39 is 5.41 Å². The van der Waals surface area contributed by atoms with E-state index in [2.05, 4.69) is 33.8 Å².